The molecular weight excluding hydrogens is 349 g/mol. The highest BCUT2D eigenvalue weighted by Gasteiger charge is 2.24. The number of hydrogen-bond acceptors (Lipinski definition) is 4. The van der Waals surface area contributed by atoms with E-state index in [4.69, 9.17) is 16.1 Å². The summed E-state index contributed by atoms with van der Waals surface area (Å²) in [5, 5.41) is 7.07. The molecule has 1 saturated heterocycles. The van der Waals surface area contributed by atoms with E-state index < -0.39 is 0 Å². The first-order valence-electron chi connectivity index (χ1n) is 7.74. The van der Waals surface area contributed by atoms with Crippen molar-refractivity contribution in [3.63, 3.8) is 0 Å². The lowest BCUT2D eigenvalue weighted by Gasteiger charge is -2.14. The molecule has 1 aromatic heterocycles. The highest BCUT2D eigenvalue weighted by molar-refractivity contribution is 6.27. The Bertz CT molecular complexity index is 673. The quantitative estimate of drug-likeness (QED) is 0.823. The second kappa shape index (κ2) is 8.51. The number of alkyl halides is 1. The summed E-state index contributed by atoms with van der Waals surface area (Å²) >= 11 is 5.52. The van der Waals surface area contributed by atoms with E-state index in [1.165, 1.54) is 5.56 Å². The molecule has 1 amide bonds. The minimum absolute atomic E-state index is 0. The number of nitrogens with one attached hydrogen (secondary N) is 1. The van der Waals surface area contributed by atoms with Crippen molar-refractivity contribution in [1.29, 1.82) is 0 Å². The van der Waals surface area contributed by atoms with Crippen molar-refractivity contribution in [2.45, 2.75) is 25.9 Å². The number of rotatable bonds is 5. The molecule has 1 aromatic carbocycles. The van der Waals surface area contributed by atoms with Crippen LogP contribution in [0.15, 0.2) is 34.9 Å². The summed E-state index contributed by atoms with van der Waals surface area (Å²) in [4.78, 5) is 13.6. The summed E-state index contributed by atoms with van der Waals surface area (Å²) in [6.07, 6.45) is 0.932. The normalized spacial score (nSPS) is 17.5. The lowest BCUT2D eigenvalue weighted by molar-refractivity contribution is -0.119. The van der Waals surface area contributed by atoms with Crippen LogP contribution < -0.4 is 5.32 Å². The van der Waals surface area contributed by atoms with Crippen molar-refractivity contribution in [3.05, 3.63) is 41.7 Å². The Morgan fingerprint density at radius 3 is 2.88 bits per heavy atom. The van der Waals surface area contributed by atoms with E-state index in [2.05, 4.69) is 34.4 Å². The van der Waals surface area contributed by atoms with Crippen LogP contribution in [0.4, 0.5) is 0 Å². The molecule has 0 bridgehead atoms. The van der Waals surface area contributed by atoms with Crippen molar-refractivity contribution < 1.29 is 9.32 Å². The van der Waals surface area contributed by atoms with Gasteiger partial charge in [-0.1, -0.05) is 35.0 Å². The predicted octanol–water partition coefficient (Wildman–Crippen LogP) is 3.00. The highest BCUT2D eigenvalue weighted by atomic mass is 35.5. The Balaban J connectivity index is 0.00000208. The maximum Gasteiger partial charge on any atom is 0.235 e. The maximum absolute atomic E-state index is 11.3. The van der Waals surface area contributed by atoms with E-state index in [0.717, 1.165) is 36.5 Å². The van der Waals surface area contributed by atoms with E-state index in [-0.39, 0.29) is 30.2 Å². The number of hydrogen-bond donors (Lipinski definition) is 1. The smallest absolute Gasteiger partial charge is 0.235 e. The van der Waals surface area contributed by atoms with Crippen molar-refractivity contribution in [2.24, 2.45) is 0 Å². The third-order valence-corrected chi connectivity index (χ3v) is 4.29. The van der Waals surface area contributed by atoms with Gasteiger partial charge in [0.05, 0.1) is 6.54 Å². The van der Waals surface area contributed by atoms with Crippen molar-refractivity contribution >= 4 is 29.9 Å². The third kappa shape index (κ3) is 4.72. The number of nitrogens with zero attached hydrogens (tertiary/aromatic N) is 2. The van der Waals surface area contributed by atoms with Crippen LogP contribution in [0, 0.1) is 6.92 Å². The Hall–Kier alpha value is -1.56. The highest BCUT2D eigenvalue weighted by Crippen LogP contribution is 2.21. The molecule has 0 spiro atoms. The lowest BCUT2D eigenvalue weighted by Crippen LogP contribution is -2.37. The molecule has 2 aromatic rings. The predicted molar refractivity (Wildman–Crippen MR) is 96.5 cm³/mol. The molecule has 130 valence electrons. The minimum Gasteiger partial charge on any atom is -0.359 e. The molecule has 1 unspecified atom stereocenters. The van der Waals surface area contributed by atoms with Crippen molar-refractivity contribution in [3.8, 4) is 11.3 Å². The number of benzene rings is 1. The van der Waals surface area contributed by atoms with E-state index in [9.17, 15) is 4.79 Å². The number of amides is 1. The molecule has 1 fully saturated rings. The molecule has 24 heavy (non-hydrogen) atoms. The minimum atomic E-state index is -0.111. The molecule has 3 rings (SSSR count). The number of aromatic nitrogens is 1. The summed E-state index contributed by atoms with van der Waals surface area (Å²) in [5.41, 5.74) is 3.13. The zero-order chi connectivity index (χ0) is 16.2. The summed E-state index contributed by atoms with van der Waals surface area (Å²) in [7, 11) is 0. The number of carbonyl (C=O) groups excluding carboxylic acids is 1. The monoisotopic (exact) mass is 369 g/mol. The molecule has 0 radical (unpaired) electrons. The first kappa shape index (κ1) is 18.8. The van der Waals surface area contributed by atoms with Gasteiger partial charge in [-0.2, -0.15) is 0 Å². The Kier molecular flexibility index (Phi) is 6.66. The molecule has 5 nitrogen and oxygen atoms in total. The summed E-state index contributed by atoms with van der Waals surface area (Å²) in [6.45, 7) is 4.49. The fourth-order valence-corrected chi connectivity index (χ4v) is 2.91. The van der Waals surface area contributed by atoms with Gasteiger partial charge in [0.25, 0.3) is 0 Å². The second-order valence-corrected chi connectivity index (χ2v) is 6.23. The van der Waals surface area contributed by atoms with E-state index in [0.29, 0.717) is 6.54 Å². The maximum atomic E-state index is 11.3. The Labute approximate surface area is 152 Å². The topological polar surface area (TPSA) is 58.4 Å². The number of halogens is 2. The van der Waals surface area contributed by atoms with Crippen molar-refractivity contribution in [2.75, 3.05) is 19.0 Å². The van der Waals surface area contributed by atoms with Gasteiger partial charge in [0.2, 0.25) is 5.91 Å². The van der Waals surface area contributed by atoms with Gasteiger partial charge in [-0.25, -0.2) is 0 Å². The third-order valence-electron chi connectivity index (χ3n) is 4.04. The SMILES string of the molecule is Cc1ccc(-c2cc(CN3CCC(NC(=O)CCl)C3)on2)cc1.Cl. The number of likely N-dealkylation sites (tertiary alicyclic amines) is 1. The van der Waals surface area contributed by atoms with Gasteiger partial charge in [-0.3, -0.25) is 9.69 Å². The van der Waals surface area contributed by atoms with Gasteiger partial charge in [-0.05, 0) is 13.3 Å². The van der Waals surface area contributed by atoms with E-state index >= 15 is 0 Å². The van der Waals surface area contributed by atoms with Gasteiger partial charge in [0.1, 0.15) is 11.6 Å². The fraction of sp³-hybridized carbons (Fsp3) is 0.412. The van der Waals surface area contributed by atoms with Gasteiger partial charge in [0, 0.05) is 30.8 Å². The molecule has 0 saturated carbocycles. The van der Waals surface area contributed by atoms with Crippen LogP contribution in [0.1, 0.15) is 17.7 Å². The van der Waals surface area contributed by atoms with E-state index in [1.807, 2.05) is 18.2 Å². The lowest BCUT2D eigenvalue weighted by atomic mass is 10.1. The summed E-state index contributed by atoms with van der Waals surface area (Å²) in [6, 6.07) is 10.4. The van der Waals surface area contributed by atoms with Gasteiger partial charge < -0.3 is 9.84 Å². The molecule has 1 N–H and O–H groups in total. The number of aryl methyl sites for hydroxylation is 1. The van der Waals surface area contributed by atoms with Crippen LogP contribution in [-0.4, -0.2) is 41.0 Å². The fourth-order valence-electron chi connectivity index (χ4n) is 2.83. The van der Waals surface area contributed by atoms with Gasteiger partial charge in [-0.15, -0.1) is 24.0 Å². The second-order valence-electron chi connectivity index (χ2n) is 5.97. The van der Waals surface area contributed by atoms with Crippen LogP contribution in [0.5, 0.6) is 0 Å². The zero-order valence-corrected chi connectivity index (χ0v) is 15.1. The molecular formula is C17H21Cl2N3O2. The van der Waals surface area contributed by atoms with Crippen LogP contribution in [0.3, 0.4) is 0 Å². The average Bonchev–Trinajstić information content (AvgIpc) is 3.18. The molecule has 2 heterocycles. The van der Waals surface area contributed by atoms with Crippen LogP contribution >= 0.6 is 24.0 Å². The van der Waals surface area contributed by atoms with Crippen LogP contribution in [-0.2, 0) is 11.3 Å². The molecule has 7 heteroatoms. The van der Waals surface area contributed by atoms with Crippen molar-refractivity contribution in [1.82, 2.24) is 15.4 Å². The first-order chi connectivity index (χ1) is 11.1. The van der Waals surface area contributed by atoms with E-state index in [1.54, 1.807) is 0 Å². The Morgan fingerprint density at radius 1 is 1.42 bits per heavy atom. The molecule has 0 aliphatic carbocycles. The Morgan fingerprint density at radius 2 is 2.17 bits per heavy atom. The largest absolute Gasteiger partial charge is 0.359 e. The number of carbonyl (C=O) groups is 1. The average molecular weight is 370 g/mol. The van der Waals surface area contributed by atoms with Gasteiger partial charge in [0.15, 0.2) is 5.76 Å². The summed E-state index contributed by atoms with van der Waals surface area (Å²) in [5.74, 6) is 0.739. The molecule has 1 aliphatic heterocycles. The first-order valence-corrected chi connectivity index (χ1v) is 8.28. The standard InChI is InChI=1S/C17H20ClN3O2.ClH/c1-12-2-4-13(5-3-12)16-8-15(23-20-16)11-21-7-6-14(10-21)19-17(22)9-18;/h2-5,8,14H,6-7,9-11H2,1H3,(H,19,22);1H. The summed E-state index contributed by atoms with van der Waals surface area (Å²) < 4.78 is 5.45. The molecule has 1 aliphatic rings. The van der Waals surface area contributed by atoms with Crippen LogP contribution in [0.25, 0.3) is 11.3 Å². The molecule has 1 atom stereocenters. The van der Waals surface area contributed by atoms with Crippen LogP contribution in [0.2, 0.25) is 0 Å². The zero-order valence-electron chi connectivity index (χ0n) is 13.5. The van der Waals surface area contributed by atoms with Gasteiger partial charge >= 0.3 is 0 Å².